The number of piperidine rings is 1. The van der Waals surface area contributed by atoms with Crippen molar-refractivity contribution in [2.45, 2.75) is 57.7 Å². The van der Waals surface area contributed by atoms with Gasteiger partial charge < -0.3 is 14.5 Å². The number of fused-ring (bicyclic) bond motifs is 2. The first-order valence-corrected chi connectivity index (χ1v) is 6.51. The van der Waals surface area contributed by atoms with Crippen LogP contribution in [0.15, 0.2) is 4.52 Å². The third-order valence-corrected chi connectivity index (χ3v) is 4.19. The van der Waals surface area contributed by atoms with E-state index in [4.69, 9.17) is 4.52 Å². The van der Waals surface area contributed by atoms with Crippen LogP contribution < -0.4 is 0 Å². The van der Waals surface area contributed by atoms with E-state index in [1.54, 1.807) is 13.8 Å². The number of carbonyl (C=O) groups is 1. The average Bonchev–Trinajstić information content (AvgIpc) is 2.77. The molecule has 3 heterocycles. The van der Waals surface area contributed by atoms with Crippen molar-refractivity contribution in [2.24, 2.45) is 0 Å². The summed E-state index contributed by atoms with van der Waals surface area (Å²) in [4.78, 5) is 14.6. The highest BCUT2D eigenvalue weighted by Gasteiger charge is 2.44. The highest BCUT2D eigenvalue weighted by molar-refractivity contribution is 5.96. The lowest BCUT2D eigenvalue weighted by Gasteiger charge is -2.37. The van der Waals surface area contributed by atoms with Gasteiger partial charge in [0, 0.05) is 12.1 Å². The highest BCUT2D eigenvalue weighted by Crippen LogP contribution is 2.37. The lowest BCUT2D eigenvalue weighted by molar-refractivity contribution is 0.0285. The Hall–Kier alpha value is -1.36. The summed E-state index contributed by atoms with van der Waals surface area (Å²) in [5, 5.41) is 13.6. The predicted octanol–water partition coefficient (Wildman–Crippen LogP) is 1.42. The molecule has 18 heavy (non-hydrogen) atoms. The molecule has 2 atom stereocenters. The van der Waals surface area contributed by atoms with Gasteiger partial charge in [0.15, 0.2) is 0 Å². The molecule has 0 aliphatic carbocycles. The third kappa shape index (κ3) is 1.65. The molecule has 98 valence electrons. The average molecular weight is 250 g/mol. The third-order valence-electron chi connectivity index (χ3n) is 4.19. The molecule has 0 spiro atoms. The van der Waals surface area contributed by atoms with Gasteiger partial charge >= 0.3 is 0 Å². The van der Waals surface area contributed by atoms with Crippen molar-refractivity contribution in [3.8, 4) is 0 Å². The second-order valence-electron chi connectivity index (χ2n) is 5.42. The minimum Gasteiger partial charge on any atom is -0.393 e. The molecular weight excluding hydrogens is 232 g/mol. The molecule has 2 bridgehead atoms. The Morgan fingerprint density at radius 1 is 1.33 bits per heavy atom. The number of amides is 1. The number of carbonyl (C=O) groups excluding carboxylic acids is 1. The molecule has 1 aromatic rings. The van der Waals surface area contributed by atoms with Crippen LogP contribution in [0.4, 0.5) is 0 Å². The Morgan fingerprint density at radius 2 is 1.94 bits per heavy atom. The SMILES string of the molecule is Cc1noc(C)c1C(=O)N1C2CCC1CC(O)C2. The minimum atomic E-state index is -0.254. The minimum absolute atomic E-state index is 0.0191. The summed E-state index contributed by atoms with van der Waals surface area (Å²) in [5.74, 6) is 0.605. The van der Waals surface area contributed by atoms with Crippen LogP contribution in [-0.4, -0.2) is 39.3 Å². The number of aryl methyl sites for hydroxylation is 2. The topological polar surface area (TPSA) is 66.6 Å². The van der Waals surface area contributed by atoms with Gasteiger partial charge in [0.1, 0.15) is 11.3 Å². The van der Waals surface area contributed by atoms with Crippen molar-refractivity contribution in [1.82, 2.24) is 10.1 Å². The van der Waals surface area contributed by atoms with E-state index in [0.29, 0.717) is 29.9 Å². The number of hydrogen-bond donors (Lipinski definition) is 1. The summed E-state index contributed by atoms with van der Waals surface area (Å²) < 4.78 is 5.07. The van der Waals surface area contributed by atoms with Crippen LogP contribution in [0.5, 0.6) is 0 Å². The number of aliphatic hydroxyl groups is 1. The van der Waals surface area contributed by atoms with Crippen LogP contribution in [0, 0.1) is 13.8 Å². The molecule has 0 radical (unpaired) electrons. The molecular formula is C13H18N2O3. The fraction of sp³-hybridized carbons (Fsp3) is 0.692. The molecule has 5 nitrogen and oxygen atoms in total. The lowest BCUT2D eigenvalue weighted by atomic mass is 9.98. The molecule has 0 saturated carbocycles. The summed E-state index contributed by atoms with van der Waals surface area (Å²) >= 11 is 0. The Bertz CT molecular complexity index is 449. The number of nitrogens with zero attached hydrogens (tertiary/aromatic N) is 2. The quantitative estimate of drug-likeness (QED) is 0.818. The Balaban J connectivity index is 1.90. The number of rotatable bonds is 1. The van der Waals surface area contributed by atoms with E-state index in [1.807, 2.05) is 4.90 Å². The number of aliphatic hydroxyl groups excluding tert-OH is 1. The largest absolute Gasteiger partial charge is 0.393 e. The van der Waals surface area contributed by atoms with E-state index in [9.17, 15) is 9.90 Å². The maximum Gasteiger partial charge on any atom is 0.259 e. The Morgan fingerprint density at radius 3 is 2.44 bits per heavy atom. The van der Waals surface area contributed by atoms with E-state index in [0.717, 1.165) is 12.8 Å². The van der Waals surface area contributed by atoms with Gasteiger partial charge in [0.25, 0.3) is 5.91 Å². The van der Waals surface area contributed by atoms with E-state index < -0.39 is 0 Å². The standard InChI is InChI=1S/C13H18N2O3/c1-7-12(8(2)18-14-7)13(17)15-9-3-4-10(15)6-11(16)5-9/h9-11,16H,3-6H2,1-2H3. The summed E-state index contributed by atoms with van der Waals surface area (Å²) in [6, 6.07) is 0.361. The molecule has 0 aromatic carbocycles. The van der Waals surface area contributed by atoms with Gasteiger partial charge in [-0.2, -0.15) is 0 Å². The van der Waals surface area contributed by atoms with E-state index >= 15 is 0 Å². The Kier molecular flexibility index (Phi) is 2.66. The van der Waals surface area contributed by atoms with Crippen LogP contribution in [0.25, 0.3) is 0 Å². The zero-order chi connectivity index (χ0) is 12.9. The van der Waals surface area contributed by atoms with Crippen molar-refractivity contribution in [3.63, 3.8) is 0 Å². The molecule has 2 fully saturated rings. The first-order valence-electron chi connectivity index (χ1n) is 6.51. The monoisotopic (exact) mass is 250 g/mol. The van der Waals surface area contributed by atoms with Crippen LogP contribution in [0.1, 0.15) is 47.5 Å². The first kappa shape index (κ1) is 11.7. The predicted molar refractivity (Wildman–Crippen MR) is 64.2 cm³/mol. The zero-order valence-electron chi connectivity index (χ0n) is 10.7. The fourth-order valence-electron chi connectivity index (χ4n) is 3.40. The van der Waals surface area contributed by atoms with Crippen molar-refractivity contribution in [3.05, 3.63) is 17.0 Å². The van der Waals surface area contributed by atoms with Crippen molar-refractivity contribution in [2.75, 3.05) is 0 Å². The van der Waals surface area contributed by atoms with Crippen molar-refractivity contribution >= 4 is 5.91 Å². The second kappa shape index (κ2) is 4.09. The molecule has 2 aliphatic heterocycles. The van der Waals surface area contributed by atoms with Gasteiger partial charge in [-0.15, -0.1) is 0 Å². The summed E-state index contributed by atoms with van der Waals surface area (Å²) in [6.45, 7) is 3.57. The molecule has 1 N–H and O–H groups in total. The van der Waals surface area contributed by atoms with E-state index in [1.165, 1.54) is 0 Å². The molecule has 1 amide bonds. The highest BCUT2D eigenvalue weighted by atomic mass is 16.5. The first-order chi connectivity index (χ1) is 8.58. The van der Waals surface area contributed by atoms with Crippen LogP contribution >= 0.6 is 0 Å². The van der Waals surface area contributed by atoms with E-state index in [2.05, 4.69) is 5.16 Å². The van der Waals surface area contributed by atoms with Gasteiger partial charge in [0.2, 0.25) is 0 Å². The molecule has 2 unspecified atom stereocenters. The molecule has 2 saturated heterocycles. The summed E-state index contributed by atoms with van der Waals surface area (Å²) in [5.41, 5.74) is 1.26. The zero-order valence-corrected chi connectivity index (χ0v) is 10.7. The van der Waals surface area contributed by atoms with Gasteiger partial charge in [-0.3, -0.25) is 4.79 Å². The second-order valence-corrected chi connectivity index (χ2v) is 5.42. The molecule has 5 heteroatoms. The maximum absolute atomic E-state index is 12.6. The fourth-order valence-corrected chi connectivity index (χ4v) is 3.40. The summed E-state index contributed by atoms with van der Waals surface area (Å²) in [7, 11) is 0. The van der Waals surface area contributed by atoms with Gasteiger partial charge in [-0.25, -0.2) is 0 Å². The van der Waals surface area contributed by atoms with Gasteiger partial charge in [0.05, 0.1) is 11.8 Å². The lowest BCUT2D eigenvalue weighted by Crippen LogP contribution is -2.48. The van der Waals surface area contributed by atoms with Gasteiger partial charge in [-0.1, -0.05) is 5.16 Å². The molecule has 1 aromatic heterocycles. The summed E-state index contributed by atoms with van der Waals surface area (Å²) in [6.07, 6.45) is 3.14. The Labute approximate surface area is 106 Å². The molecule has 3 rings (SSSR count). The van der Waals surface area contributed by atoms with Crippen LogP contribution in [0.2, 0.25) is 0 Å². The number of hydrogen-bond acceptors (Lipinski definition) is 4. The van der Waals surface area contributed by atoms with E-state index in [-0.39, 0.29) is 24.1 Å². The molecule has 2 aliphatic rings. The normalized spacial score (nSPS) is 30.8. The number of aromatic nitrogens is 1. The smallest absolute Gasteiger partial charge is 0.259 e. The van der Waals surface area contributed by atoms with Crippen LogP contribution in [0.3, 0.4) is 0 Å². The van der Waals surface area contributed by atoms with Crippen molar-refractivity contribution < 1.29 is 14.4 Å². The maximum atomic E-state index is 12.6. The van der Waals surface area contributed by atoms with Gasteiger partial charge in [-0.05, 0) is 39.5 Å². The van der Waals surface area contributed by atoms with Crippen LogP contribution in [-0.2, 0) is 0 Å². The van der Waals surface area contributed by atoms with Crippen molar-refractivity contribution in [1.29, 1.82) is 0 Å².